The van der Waals surface area contributed by atoms with E-state index in [9.17, 15) is 4.39 Å². The van der Waals surface area contributed by atoms with Gasteiger partial charge in [0, 0.05) is 19.6 Å². The highest BCUT2D eigenvalue weighted by molar-refractivity contribution is 5.55. The topological polar surface area (TPSA) is 15.3 Å². The van der Waals surface area contributed by atoms with Crippen LogP contribution in [0.4, 0.5) is 10.1 Å². The summed E-state index contributed by atoms with van der Waals surface area (Å²) in [6.45, 7) is 4.95. The van der Waals surface area contributed by atoms with Crippen LogP contribution in [0.1, 0.15) is 38.2 Å². The third-order valence-corrected chi connectivity index (χ3v) is 4.07. The van der Waals surface area contributed by atoms with E-state index in [-0.39, 0.29) is 5.82 Å². The molecule has 1 aliphatic rings. The van der Waals surface area contributed by atoms with Gasteiger partial charge in [-0.05, 0) is 37.4 Å². The average Bonchev–Trinajstić information content (AvgIpc) is 2.41. The molecular weight excluding hydrogens is 239 g/mol. The van der Waals surface area contributed by atoms with Gasteiger partial charge >= 0.3 is 0 Å². The molecular formula is C16H25FN2. The molecule has 0 amide bonds. The fourth-order valence-corrected chi connectivity index (χ4v) is 3.10. The maximum atomic E-state index is 14.1. The maximum absolute atomic E-state index is 14.1. The first-order chi connectivity index (χ1) is 9.26. The molecule has 0 aromatic heterocycles. The number of rotatable bonds is 5. The number of benzene rings is 1. The van der Waals surface area contributed by atoms with Crippen molar-refractivity contribution in [2.24, 2.45) is 5.92 Å². The van der Waals surface area contributed by atoms with E-state index in [2.05, 4.69) is 17.1 Å². The number of hydrogen-bond acceptors (Lipinski definition) is 2. The van der Waals surface area contributed by atoms with Gasteiger partial charge in [-0.1, -0.05) is 31.9 Å². The number of nitrogens with zero attached hydrogens (tertiary/aromatic N) is 1. The van der Waals surface area contributed by atoms with Crippen LogP contribution in [-0.2, 0) is 6.54 Å². The largest absolute Gasteiger partial charge is 0.369 e. The Balaban J connectivity index is 2.10. The summed E-state index contributed by atoms with van der Waals surface area (Å²) in [6, 6.07) is 5.40. The Morgan fingerprint density at radius 3 is 2.68 bits per heavy atom. The monoisotopic (exact) mass is 264 g/mol. The first-order valence-corrected chi connectivity index (χ1v) is 7.43. The summed E-state index contributed by atoms with van der Waals surface area (Å²) in [7, 11) is 1.90. The van der Waals surface area contributed by atoms with Crippen molar-refractivity contribution >= 4 is 5.69 Å². The molecule has 1 N–H and O–H groups in total. The lowest BCUT2D eigenvalue weighted by atomic mass is 9.92. The Kier molecular flexibility index (Phi) is 5.20. The number of halogens is 1. The van der Waals surface area contributed by atoms with Crippen LogP contribution in [0.15, 0.2) is 18.2 Å². The lowest BCUT2D eigenvalue weighted by molar-refractivity contribution is 0.376. The number of hydrogen-bond donors (Lipinski definition) is 1. The van der Waals surface area contributed by atoms with E-state index in [1.165, 1.54) is 25.7 Å². The second-order valence-corrected chi connectivity index (χ2v) is 5.50. The second kappa shape index (κ2) is 6.90. The van der Waals surface area contributed by atoms with E-state index in [1.807, 2.05) is 13.1 Å². The Hall–Kier alpha value is -1.09. The van der Waals surface area contributed by atoms with Gasteiger partial charge in [0.2, 0.25) is 0 Å². The Morgan fingerprint density at radius 2 is 2.05 bits per heavy atom. The summed E-state index contributed by atoms with van der Waals surface area (Å²) in [5.41, 5.74) is 1.88. The highest BCUT2D eigenvalue weighted by Gasteiger charge is 2.22. The summed E-state index contributed by atoms with van der Waals surface area (Å²) >= 11 is 0. The second-order valence-electron chi connectivity index (χ2n) is 5.50. The van der Waals surface area contributed by atoms with Crippen molar-refractivity contribution in [3.05, 3.63) is 29.6 Å². The lowest BCUT2D eigenvalue weighted by Gasteiger charge is -2.35. The first kappa shape index (κ1) is 14.3. The van der Waals surface area contributed by atoms with Crippen LogP contribution in [-0.4, -0.2) is 20.1 Å². The van der Waals surface area contributed by atoms with Crippen LogP contribution < -0.4 is 10.2 Å². The molecule has 0 radical (unpaired) electrons. The number of anilines is 1. The first-order valence-electron chi connectivity index (χ1n) is 7.43. The van der Waals surface area contributed by atoms with Crippen LogP contribution in [0.3, 0.4) is 0 Å². The Labute approximate surface area is 116 Å². The molecule has 0 bridgehead atoms. The normalized spacial score (nSPS) is 16.9. The Bertz CT molecular complexity index is 398. The molecule has 1 saturated heterocycles. The molecule has 1 aromatic rings. The van der Waals surface area contributed by atoms with Gasteiger partial charge in [-0.15, -0.1) is 0 Å². The van der Waals surface area contributed by atoms with Crippen LogP contribution in [0.25, 0.3) is 0 Å². The molecule has 1 aromatic carbocycles. The van der Waals surface area contributed by atoms with Crippen LogP contribution >= 0.6 is 0 Å². The van der Waals surface area contributed by atoms with Gasteiger partial charge in [-0.3, -0.25) is 0 Å². The summed E-state index contributed by atoms with van der Waals surface area (Å²) in [6.07, 6.45) is 4.96. The third-order valence-electron chi connectivity index (χ3n) is 4.07. The smallest absolute Gasteiger partial charge is 0.146 e. The van der Waals surface area contributed by atoms with E-state index < -0.39 is 0 Å². The lowest BCUT2D eigenvalue weighted by Crippen LogP contribution is -2.35. The SMILES string of the molecule is CCCC1CCN(c2c(F)cccc2CNC)CC1. The van der Waals surface area contributed by atoms with Crippen molar-refractivity contribution in [3.8, 4) is 0 Å². The summed E-state index contributed by atoms with van der Waals surface area (Å²) in [5, 5.41) is 3.13. The minimum Gasteiger partial charge on any atom is -0.369 e. The molecule has 1 heterocycles. The minimum atomic E-state index is -0.0818. The van der Waals surface area contributed by atoms with Gasteiger partial charge in [0.1, 0.15) is 5.82 Å². The summed E-state index contributed by atoms with van der Waals surface area (Å²) in [4.78, 5) is 2.23. The van der Waals surface area contributed by atoms with Crippen molar-refractivity contribution in [2.45, 2.75) is 39.2 Å². The minimum absolute atomic E-state index is 0.0818. The fraction of sp³-hybridized carbons (Fsp3) is 0.625. The van der Waals surface area contributed by atoms with E-state index in [0.717, 1.165) is 36.8 Å². The predicted molar refractivity (Wildman–Crippen MR) is 79.0 cm³/mol. The molecule has 2 rings (SSSR count). The van der Waals surface area contributed by atoms with Crippen molar-refractivity contribution < 1.29 is 4.39 Å². The molecule has 0 atom stereocenters. The van der Waals surface area contributed by atoms with Gasteiger partial charge in [0.25, 0.3) is 0 Å². The molecule has 106 valence electrons. The zero-order chi connectivity index (χ0) is 13.7. The maximum Gasteiger partial charge on any atom is 0.146 e. The zero-order valence-electron chi connectivity index (χ0n) is 12.1. The molecule has 0 aliphatic carbocycles. The fourth-order valence-electron chi connectivity index (χ4n) is 3.10. The van der Waals surface area contributed by atoms with Crippen molar-refractivity contribution in [3.63, 3.8) is 0 Å². The molecule has 0 unspecified atom stereocenters. The van der Waals surface area contributed by atoms with E-state index >= 15 is 0 Å². The van der Waals surface area contributed by atoms with Gasteiger partial charge in [-0.2, -0.15) is 0 Å². The standard InChI is InChI=1S/C16H25FN2/c1-3-5-13-8-10-19(11-9-13)16-14(12-18-2)6-4-7-15(16)17/h4,6-7,13,18H,3,5,8-12H2,1-2H3. The van der Waals surface area contributed by atoms with Crippen LogP contribution in [0.2, 0.25) is 0 Å². The van der Waals surface area contributed by atoms with Crippen molar-refractivity contribution in [1.82, 2.24) is 5.32 Å². The zero-order valence-corrected chi connectivity index (χ0v) is 12.1. The van der Waals surface area contributed by atoms with Gasteiger partial charge in [0.05, 0.1) is 5.69 Å². The highest BCUT2D eigenvalue weighted by Crippen LogP contribution is 2.30. The van der Waals surface area contributed by atoms with Gasteiger partial charge < -0.3 is 10.2 Å². The summed E-state index contributed by atoms with van der Waals surface area (Å²) in [5.74, 6) is 0.752. The molecule has 1 aliphatic heterocycles. The number of nitrogens with one attached hydrogen (secondary N) is 1. The highest BCUT2D eigenvalue weighted by atomic mass is 19.1. The molecule has 19 heavy (non-hydrogen) atoms. The molecule has 3 heteroatoms. The molecule has 0 spiro atoms. The average molecular weight is 264 g/mol. The van der Waals surface area contributed by atoms with Crippen molar-refractivity contribution in [1.29, 1.82) is 0 Å². The Morgan fingerprint density at radius 1 is 1.32 bits per heavy atom. The quantitative estimate of drug-likeness (QED) is 0.874. The van der Waals surface area contributed by atoms with E-state index in [0.29, 0.717) is 0 Å². The van der Waals surface area contributed by atoms with Gasteiger partial charge in [-0.25, -0.2) is 4.39 Å². The number of para-hydroxylation sites is 1. The van der Waals surface area contributed by atoms with Crippen molar-refractivity contribution in [2.75, 3.05) is 25.0 Å². The van der Waals surface area contributed by atoms with E-state index in [4.69, 9.17) is 0 Å². The van der Waals surface area contributed by atoms with E-state index in [1.54, 1.807) is 12.1 Å². The predicted octanol–water partition coefficient (Wildman–Crippen LogP) is 3.56. The summed E-state index contributed by atoms with van der Waals surface area (Å²) < 4.78 is 14.1. The third kappa shape index (κ3) is 3.47. The van der Waals surface area contributed by atoms with Crippen LogP contribution in [0, 0.1) is 11.7 Å². The number of piperidine rings is 1. The molecule has 0 saturated carbocycles. The van der Waals surface area contributed by atoms with Gasteiger partial charge in [0.15, 0.2) is 0 Å². The molecule has 1 fully saturated rings. The molecule has 2 nitrogen and oxygen atoms in total. The van der Waals surface area contributed by atoms with Crippen LogP contribution in [0.5, 0.6) is 0 Å².